The number of nitrogens with zero attached hydrogens (tertiary/aromatic N) is 1. The Kier molecular flexibility index (Phi) is 3.78. The molecule has 2 atom stereocenters. The van der Waals surface area contributed by atoms with Gasteiger partial charge in [-0.2, -0.15) is 0 Å². The van der Waals surface area contributed by atoms with Crippen LogP contribution >= 0.6 is 0 Å². The van der Waals surface area contributed by atoms with E-state index < -0.39 is 10.0 Å². The van der Waals surface area contributed by atoms with Gasteiger partial charge in [-0.25, -0.2) is 13.6 Å². The lowest BCUT2D eigenvalue weighted by Gasteiger charge is -2.06. The standard InChI is InChI=1S/C17H20N2O2S/c1-11(2)17-8-5-13(10-19-17)16-9-15(16)12-3-6-14(7-4-12)22(18,20)21/h3-8,10-11,15-16H,9H2,1-2H3,(H2,18,20,21)/t15-,16-/m0/s1. The fourth-order valence-corrected chi connectivity index (χ4v) is 3.33. The van der Waals surface area contributed by atoms with Gasteiger partial charge >= 0.3 is 0 Å². The summed E-state index contributed by atoms with van der Waals surface area (Å²) in [6.45, 7) is 4.27. The molecule has 5 heteroatoms. The molecule has 0 bridgehead atoms. The average molecular weight is 316 g/mol. The quantitative estimate of drug-likeness (QED) is 0.942. The fraction of sp³-hybridized carbons (Fsp3) is 0.353. The predicted molar refractivity (Wildman–Crippen MR) is 86.2 cm³/mol. The van der Waals surface area contributed by atoms with Gasteiger partial charge in [-0.1, -0.05) is 32.0 Å². The first-order valence-electron chi connectivity index (χ1n) is 7.45. The van der Waals surface area contributed by atoms with Crippen LogP contribution in [0.1, 0.15) is 54.8 Å². The molecule has 1 saturated carbocycles. The van der Waals surface area contributed by atoms with Crippen molar-refractivity contribution in [3.8, 4) is 0 Å². The molecule has 3 rings (SSSR count). The molecule has 0 saturated heterocycles. The molecule has 0 radical (unpaired) electrons. The smallest absolute Gasteiger partial charge is 0.238 e. The Morgan fingerprint density at radius 3 is 2.14 bits per heavy atom. The summed E-state index contributed by atoms with van der Waals surface area (Å²) in [5, 5.41) is 5.12. The second kappa shape index (κ2) is 5.48. The molecule has 2 N–H and O–H groups in total. The molecule has 0 unspecified atom stereocenters. The number of hydrogen-bond donors (Lipinski definition) is 1. The third-order valence-corrected chi connectivity index (χ3v) is 5.19. The normalized spacial score (nSPS) is 21.1. The van der Waals surface area contributed by atoms with Gasteiger partial charge in [0.15, 0.2) is 0 Å². The Morgan fingerprint density at radius 1 is 1.05 bits per heavy atom. The lowest BCUT2D eigenvalue weighted by atomic mass is 10.0. The highest BCUT2D eigenvalue weighted by molar-refractivity contribution is 7.89. The van der Waals surface area contributed by atoms with Gasteiger partial charge in [0.05, 0.1) is 4.90 Å². The first-order valence-corrected chi connectivity index (χ1v) is 8.99. The Morgan fingerprint density at radius 2 is 1.64 bits per heavy atom. The number of benzene rings is 1. The topological polar surface area (TPSA) is 73.1 Å². The summed E-state index contributed by atoms with van der Waals surface area (Å²) in [5.74, 6) is 1.37. The van der Waals surface area contributed by atoms with Gasteiger partial charge in [0.2, 0.25) is 10.0 Å². The van der Waals surface area contributed by atoms with E-state index in [1.54, 1.807) is 12.1 Å². The van der Waals surface area contributed by atoms with Gasteiger partial charge in [0, 0.05) is 11.9 Å². The highest BCUT2D eigenvalue weighted by atomic mass is 32.2. The molecule has 2 aromatic rings. The summed E-state index contributed by atoms with van der Waals surface area (Å²) in [6.07, 6.45) is 3.05. The lowest BCUT2D eigenvalue weighted by molar-refractivity contribution is 0.598. The maximum atomic E-state index is 11.3. The highest BCUT2D eigenvalue weighted by Gasteiger charge is 2.39. The van der Waals surface area contributed by atoms with E-state index in [4.69, 9.17) is 5.14 Å². The Bertz CT molecular complexity index is 765. The largest absolute Gasteiger partial charge is 0.261 e. The van der Waals surface area contributed by atoms with E-state index in [-0.39, 0.29) is 4.90 Å². The molecule has 1 aromatic carbocycles. The molecule has 1 fully saturated rings. The van der Waals surface area contributed by atoms with E-state index in [9.17, 15) is 8.42 Å². The molecular formula is C17H20N2O2S. The maximum absolute atomic E-state index is 11.3. The van der Waals surface area contributed by atoms with Gasteiger partial charge < -0.3 is 0 Å². The Labute approximate surface area is 131 Å². The first-order chi connectivity index (χ1) is 10.4. The van der Waals surface area contributed by atoms with Crippen molar-refractivity contribution >= 4 is 10.0 Å². The minimum absolute atomic E-state index is 0.163. The SMILES string of the molecule is CC(C)c1ccc([C@@H]2C[C@H]2c2ccc(S(N)(=O)=O)cc2)cn1. The summed E-state index contributed by atoms with van der Waals surface area (Å²) < 4.78 is 22.5. The minimum Gasteiger partial charge on any atom is -0.261 e. The van der Waals surface area contributed by atoms with E-state index in [0.717, 1.165) is 17.7 Å². The van der Waals surface area contributed by atoms with E-state index in [1.165, 1.54) is 5.56 Å². The predicted octanol–water partition coefficient (Wildman–Crippen LogP) is 3.12. The van der Waals surface area contributed by atoms with E-state index >= 15 is 0 Å². The summed E-state index contributed by atoms with van der Waals surface area (Å²) in [4.78, 5) is 4.68. The van der Waals surface area contributed by atoms with Crippen molar-refractivity contribution in [1.29, 1.82) is 0 Å². The van der Waals surface area contributed by atoms with Crippen LogP contribution in [0, 0.1) is 0 Å². The summed E-state index contributed by atoms with van der Waals surface area (Å²) in [5.41, 5.74) is 3.52. The van der Waals surface area contributed by atoms with Crippen molar-refractivity contribution in [3.63, 3.8) is 0 Å². The van der Waals surface area contributed by atoms with Crippen LogP contribution in [0.15, 0.2) is 47.5 Å². The molecule has 1 aromatic heterocycles. The molecule has 116 valence electrons. The van der Waals surface area contributed by atoms with Crippen LogP contribution in [0.5, 0.6) is 0 Å². The zero-order chi connectivity index (χ0) is 15.9. The van der Waals surface area contributed by atoms with Crippen molar-refractivity contribution < 1.29 is 8.42 Å². The van der Waals surface area contributed by atoms with Crippen molar-refractivity contribution in [2.45, 2.75) is 42.9 Å². The average Bonchev–Trinajstić information content (AvgIpc) is 3.27. The second-order valence-corrected chi connectivity index (χ2v) is 7.80. The van der Waals surface area contributed by atoms with Crippen LogP contribution in [0.4, 0.5) is 0 Å². The van der Waals surface area contributed by atoms with Gasteiger partial charge in [0.1, 0.15) is 0 Å². The third-order valence-electron chi connectivity index (χ3n) is 4.26. The number of sulfonamides is 1. The number of pyridine rings is 1. The molecular weight excluding hydrogens is 296 g/mol. The maximum Gasteiger partial charge on any atom is 0.238 e. The van der Waals surface area contributed by atoms with Crippen molar-refractivity contribution in [2.24, 2.45) is 5.14 Å². The van der Waals surface area contributed by atoms with Crippen LogP contribution in [0.25, 0.3) is 0 Å². The zero-order valence-electron chi connectivity index (χ0n) is 12.7. The number of rotatable bonds is 4. The zero-order valence-corrected chi connectivity index (χ0v) is 13.5. The summed E-state index contributed by atoms with van der Waals surface area (Å²) in [6, 6.07) is 11.1. The highest BCUT2D eigenvalue weighted by Crippen LogP contribution is 2.54. The second-order valence-electron chi connectivity index (χ2n) is 6.23. The van der Waals surface area contributed by atoms with Gasteiger partial charge in [-0.05, 0) is 53.5 Å². The molecule has 1 aliphatic rings. The minimum atomic E-state index is -3.61. The van der Waals surface area contributed by atoms with Crippen LogP contribution in [-0.2, 0) is 10.0 Å². The van der Waals surface area contributed by atoms with Crippen LogP contribution in [-0.4, -0.2) is 13.4 Å². The van der Waals surface area contributed by atoms with Gasteiger partial charge in [-0.15, -0.1) is 0 Å². The molecule has 0 aliphatic heterocycles. The van der Waals surface area contributed by atoms with E-state index in [1.807, 2.05) is 18.3 Å². The van der Waals surface area contributed by atoms with Crippen LogP contribution < -0.4 is 5.14 Å². The first kappa shape index (κ1) is 15.2. The van der Waals surface area contributed by atoms with Crippen molar-refractivity contribution in [1.82, 2.24) is 4.98 Å². The summed E-state index contributed by atoms with van der Waals surface area (Å²) in [7, 11) is -3.61. The number of primary sulfonamides is 1. The summed E-state index contributed by atoms with van der Waals surface area (Å²) >= 11 is 0. The Balaban J connectivity index is 1.74. The van der Waals surface area contributed by atoms with Gasteiger partial charge in [-0.3, -0.25) is 4.98 Å². The molecule has 1 heterocycles. The Hall–Kier alpha value is -1.72. The van der Waals surface area contributed by atoms with E-state index in [2.05, 4.69) is 31.0 Å². The van der Waals surface area contributed by atoms with E-state index in [0.29, 0.717) is 17.8 Å². The number of hydrogen-bond acceptors (Lipinski definition) is 3. The van der Waals surface area contributed by atoms with Crippen LogP contribution in [0.2, 0.25) is 0 Å². The third kappa shape index (κ3) is 3.05. The molecule has 0 spiro atoms. The van der Waals surface area contributed by atoms with Crippen molar-refractivity contribution in [2.75, 3.05) is 0 Å². The number of aromatic nitrogens is 1. The molecule has 4 nitrogen and oxygen atoms in total. The molecule has 1 aliphatic carbocycles. The van der Waals surface area contributed by atoms with Crippen LogP contribution in [0.3, 0.4) is 0 Å². The lowest BCUT2D eigenvalue weighted by Crippen LogP contribution is -2.11. The monoisotopic (exact) mass is 316 g/mol. The van der Waals surface area contributed by atoms with Gasteiger partial charge in [0.25, 0.3) is 0 Å². The van der Waals surface area contributed by atoms with Crippen molar-refractivity contribution in [3.05, 3.63) is 59.4 Å². The molecule has 0 amide bonds. The molecule has 22 heavy (non-hydrogen) atoms. The number of nitrogens with two attached hydrogens (primary N) is 1. The fourth-order valence-electron chi connectivity index (χ4n) is 2.81.